The van der Waals surface area contributed by atoms with E-state index in [-0.39, 0.29) is 11.0 Å². The molecule has 0 radical (unpaired) electrons. The predicted molar refractivity (Wildman–Crippen MR) is 35.4 cm³/mol. The highest BCUT2D eigenvalue weighted by Crippen LogP contribution is 2.71. The maximum atomic E-state index is 9.58. The van der Waals surface area contributed by atoms with Crippen LogP contribution in [0.25, 0.3) is 0 Å². The van der Waals surface area contributed by atoms with E-state index in [4.69, 9.17) is 19.6 Å². The molecule has 0 spiro atoms. The first-order valence-electron chi connectivity index (χ1n) is 1.37. The van der Waals surface area contributed by atoms with Gasteiger partial charge in [-0.25, -0.2) is 9.13 Å². The predicted octanol–water partition coefficient (Wildman–Crippen LogP) is -2.19. The highest BCUT2D eigenvalue weighted by atomic mass is 32.1. The van der Waals surface area contributed by atoms with Gasteiger partial charge in [-0.2, -0.15) is 0 Å². The molecule has 0 aromatic carbocycles. The fraction of sp³-hybridized carbons (Fsp3) is 0. The van der Waals surface area contributed by atoms with Crippen LogP contribution >= 0.6 is 14.6 Å². The summed E-state index contributed by atoms with van der Waals surface area (Å²) in [6, 6.07) is 0. The zero-order valence-electron chi connectivity index (χ0n) is 3.50. The second-order valence-electron chi connectivity index (χ2n) is 1.03. The summed E-state index contributed by atoms with van der Waals surface area (Å²) in [5.74, 6) is 0. The van der Waals surface area contributed by atoms with Gasteiger partial charge in [-0.1, -0.05) is 0 Å². The molecule has 0 saturated heterocycles. The molecule has 0 heterocycles. The SMILES string of the molecule is O=P(O)(O)P(=O)(O)O.[SiH4]. The van der Waals surface area contributed by atoms with E-state index in [0.29, 0.717) is 0 Å². The molecule has 0 fully saturated rings. The second-order valence-corrected chi connectivity index (χ2v) is 6.21. The molecule has 0 aliphatic rings. The van der Waals surface area contributed by atoms with Crippen LogP contribution in [0, 0.1) is 0 Å². The van der Waals surface area contributed by atoms with E-state index in [9.17, 15) is 9.13 Å². The van der Waals surface area contributed by atoms with E-state index >= 15 is 0 Å². The van der Waals surface area contributed by atoms with Gasteiger partial charge in [0, 0.05) is 0 Å². The third kappa shape index (κ3) is 3.99. The van der Waals surface area contributed by atoms with E-state index in [1.54, 1.807) is 0 Å². The van der Waals surface area contributed by atoms with E-state index in [0.717, 1.165) is 0 Å². The monoisotopic (exact) mass is 194 g/mol. The standard InChI is InChI=1S/H4O6P2.H4Si/c1-7(2,3)8(4,5)6;/h(H2,1,2,3)(H2,4,5,6);1H4. The van der Waals surface area contributed by atoms with Gasteiger partial charge in [0.25, 0.3) is 0 Å². The summed E-state index contributed by atoms with van der Waals surface area (Å²) >= 11 is 0. The molecule has 0 unspecified atom stereocenters. The van der Waals surface area contributed by atoms with Gasteiger partial charge in [0.1, 0.15) is 0 Å². The minimum absolute atomic E-state index is 0. The maximum Gasteiger partial charge on any atom is 0.435 e. The van der Waals surface area contributed by atoms with Crippen molar-refractivity contribution in [3.05, 3.63) is 0 Å². The van der Waals surface area contributed by atoms with E-state index in [1.165, 1.54) is 0 Å². The molecule has 58 valence electrons. The summed E-state index contributed by atoms with van der Waals surface area (Å²) in [5.41, 5.74) is 0. The third-order valence-electron chi connectivity index (χ3n) is 0.339. The highest BCUT2D eigenvalue weighted by molar-refractivity contribution is 8.26. The zero-order chi connectivity index (χ0) is 7.00. The second kappa shape index (κ2) is 3.07. The third-order valence-corrected chi connectivity index (χ3v) is 3.05. The first-order valence-corrected chi connectivity index (χ1v) is 5.30. The minimum atomic E-state index is -5.18. The molecule has 6 nitrogen and oxygen atoms in total. The molecular weight excluding hydrogens is 186 g/mol. The first kappa shape index (κ1) is 12.2. The Morgan fingerprint density at radius 1 is 0.778 bits per heavy atom. The average molecular weight is 194 g/mol. The fourth-order valence-corrected chi connectivity index (χ4v) is 0. The van der Waals surface area contributed by atoms with Gasteiger partial charge in [-0.3, -0.25) is 0 Å². The lowest BCUT2D eigenvalue weighted by molar-refractivity contribution is 0.340. The van der Waals surface area contributed by atoms with Crippen LogP contribution in [0.5, 0.6) is 0 Å². The maximum absolute atomic E-state index is 9.58. The number of rotatable bonds is 1. The van der Waals surface area contributed by atoms with Gasteiger partial charge in [-0.05, 0) is 11.0 Å². The summed E-state index contributed by atoms with van der Waals surface area (Å²) in [6.45, 7) is 0. The van der Waals surface area contributed by atoms with Crippen LogP contribution < -0.4 is 0 Å². The Hall–Kier alpha value is 0.517. The summed E-state index contributed by atoms with van der Waals surface area (Å²) in [6.07, 6.45) is 0. The Morgan fingerprint density at radius 2 is 0.889 bits per heavy atom. The smallest absolute Gasteiger partial charge is 0.316 e. The summed E-state index contributed by atoms with van der Waals surface area (Å²) in [7, 11) is -10.4. The van der Waals surface area contributed by atoms with Crippen molar-refractivity contribution in [1.29, 1.82) is 0 Å². The number of hydrogen-bond donors (Lipinski definition) is 4. The molecule has 9 heteroatoms. The molecule has 0 aromatic heterocycles. The molecule has 0 rings (SSSR count). The highest BCUT2D eigenvalue weighted by Gasteiger charge is 2.37. The van der Waals surface area contributed by atoms with Crippen LogP contribution in [0.2, 0.25) is 0 Å². The molecule has 0 atom stereocenters. The van der Waals surface area contributed by atoms with Crippen LogP contribution in [-0.2, 0) is 9.13 Å². The van der Waals surface area contributed by atoms with Crippen molar-refractivity contribution in [1.82, 2.24) is 0 Å². The van der Waals surface area contributed by atoms with E-state index in [2.05, 4.69) is 0 Å². The largest absolute Gasteiger partial charge is 0.435 e. The van der Waals surface area contributed by atoms with Crippen LogP contribution in [-0.4, -0.2) is 30.5 Å². The lowest BCUT2D eigenvalue weighted by Gasteiger charge is -2.02. The van der Waals surface area contributed by atoms with Gasteiger partial charge < -0.3 is 19.6 Å². The molecule has 0 aromatic rings. The quantitative estimate of drug-likeness (QED) is 0.278. The van der Waals surface area contributed by atoms with Crippen molar-refractivity contribution >= 4 is 25.5 Å². The van der Waals surface area contributed by atoms with Crippen molar-refractivity contribution in [2.45, 2.75) is 0 Å². The first-order chi connectivity index (χ1) is 3.25. The Balaban J connectivity index is 0. The van der Waals surface area contributed by atoms with Crippen molar-refractivity contribution in [3.63, 3.8) is 0 Å². The molecule has 9 heavy (non-hydrogen) atoms. The summed E-state index contributed by atoms with van der Waals surface area (Å²) in [5, 5.41) is 0. The molecular formula is H8O6P2Si. The van der Waals surface area contributed by atoms with Crippen molar-refractivity contribution in [2.75, 3.05) is 0 Å². The van der Waals surface area contributed by atoms with E-state index < -0.39 is 14.6 Å². The topological polar surface area (TPSA) is 115 Å². The zero-order valence-corrected chi connectivity index (χ0v) is 5.29. The van der Waals surface area contributed by atoms with Crippen LogP contribution in [0.15, 0.2) is 0 Å². The summed E-state index contributed by atoms with van der Waals surface area (Å²) in [4.78, 5) is 30.8. The van der Waals surface area contributed by atoms with Crippen molar-refractivity contribution < 1.29 is 28.7 Å². The summed E-state index contributed by atoms with van der Waals surface area (Å²) < 4.78 is 19.2. The molecule has 0 aliphatic heterocycles. The average Bonchev–Trinajstić information content (AvgIpc) is 1.25. The van der Waals surface area contributed by atoms with Gasteiger partial charge in [-0.15, -0.1) is 0 Å². The molecule has 0 bridgehead atoms. The molecule has 0 amide bonds. The minimum Gasteiger partial charge on any atom is -0.316 e. The van der Waals surface area contributed by atoms with Crippen LogP contribution in [0.1, 0.15) is 0 Å². The normalized spacial score (nSPS) is 12.4. The Kier molecular flexibility index (Phi) is 4.17. The lowest BCUT2D eigenvalue weighted by atomic mass is 15.8. The Morgan fingerprint density at radius 3 is 0.889 bits per heavy atom. The molecule has 4 N–H and O–H groups in total. The van der Waals surface area contributed by atoms with Gasteiger partial charge in [0.15, 0.2) is 0 Å². The lowest BCUT2D eigenvalue weighted by Crippen LogP contribution is -1.78. The van der Waals surface area contributed by atoms with Crippen LogP contribution in [0.3, 0.4) is 0 Å². The number of hydrogen-bond acceptors (Lipinski definition) is 2. The Labute approximate surface area is 55.1 Å². The fourth-order valence-electron chi connectivity index (χ4n) is 0. The van der Waals surface area contributed by atoms with Crippen molar-refractivity contribution in [3.8, 4) is 0 Å². The molecule has 0 saturated carbocycles. The van der Waals surface area contributed by atoms with Crippen molar-refractivity contribution in [2.24, 2.45) is 0 Å². The molecule has 0 aliphatic carbocycles. The Bertz CT molecular complexity index is 140. The van der Waals surface area contributed by atoms with Crippen LogP contribution in [0.4, 0.5) is 0 Å². The van der Waals surface area contributed by atoms with Gasteiger partial charge in [0.2, 0.25) is 0 Å². The van der Waals surface area contributed by atoms with E-state index in [1.807, 2.05) is 0 Å². The van der Waals surface area contributed by atoms with Gasteiger partial charge >= 0.3 is 14.6 Å². The van der Waals surface area contributed by atoms with Gasteiger partial charge in [0.05, 0.1) is 0 Å².